The Balaban J connectivity index is 1.54. The summed E-state index contributed by atoms with van der Waals surface area (Å²) in [7, 11) is 3.62. The Labute approximate surface area is 160 Å². The van der Waals surface area contributed by atoms with Gasteiger partial charge in [-0.15, -0.1) is 0 Å². The van der Waals surface area contributed by atoms with Crippen LogP contribution in [0.2, 0.25) is 0 Å². The van der Waals surface area contributed by atoms with Crippen LogP contribution in [0.5, 0.6) is 11.6 Å². The highest BCUT2D eigenvalue weighted by Crippen LogP contribution is 2.43. The molecule has 0 spiro atoms. The number of hydrogen-bond donors (Lipinski definition) is 1. The number of nitrogens with one attached hydrogen (secondary N) is 1. The predicted octanol–water partition coefficient (Wildman–Crippen LogP) is 5.26. The molecule has 1 aliphatic carbocycles. The fraction of sp³-hybridized carbons (Fsp3) is 0.261. The van der Waals surface area contributed by atoms with Crippen LogP contribution in [0.1, 0.15) is 29.9 Å². The van der Waals surface area contributed by atoms with E-state index in [0.717, 1.165) is 22.7 Å². The molecule has 4 heteroatoms. The van der Waals surface area contributed by atoms with Crippen molar-refractivity contribution in [3.05, 3.63) is 71.8 Å². The first-order valence-corrected chi connectivity index (χ1v) is 9.32. The van der Waals surface area contributed by atoms with Crippen molar-refractivity contribution in [2.75, 3.05) is 19.5 Å². The molecule has 0 unspecified atom stereocenters. The maximum Gasteiger partial charge on any atom is 0.214 e. The number of nitrogens with zero attached hydrogens (tertiary/aromatic N) is 1. The van der Waals surface area contributed by atoms with Crippen LogP contribution in [0.25, 0.3) is 11.3 Å². The number of hydrogen-bond acceptors (Lipinski definition) is 4. The third-order valence-corrected chi connectivity index (χ3v) is 4.97. The van der Waals surface area contributed by atoms with Crippen molar-refractivity contribution in [1.29, 1.82) is 0 Å². The number of aromatic nitrogens is 1. The number of benzene rings is 2. The molecule has 1 N–H and O–H groups in total. The molecule has 0 atom stereocenters. The van der Waals surface area contributed by atoms with Gasteiger partial charge >= 0.3 is 0 Å². The Morgan fingerprint density at radius 2 is 1.78 bits per heavy atom. The first-order chi connectivity index (χ1) is 13.3. The number of rotatable bonds is 7. The van der Waals surface area contributed by atoms with E-state index < -0.39 is 0 Å². The molecule has 0 radical (unpaired) electrons. The van der Waals surface area contributed by atoms with E-state index in [1.165, 1.54) is 24.0 Å². The Morgan fingerprint density at radius 1 is 1.00 bits per heavy atom. The van der Waals surface area contributed by atoms with E-state index in [1.54, 1.807) is 7.11 Å². The van der Waals surface area contributed by atoms with Gasteiger partial charge in [0.2, 0.25) is 5.88 Å². The lowest BCUT2D eigenvalue weighted by Crippen LogP contribution is -2.05. The normalized spacial score (nSPS) is 13.3. The van der Waals surface area contributed by atoms with Crippen molar-refractivity contribution in [3.8, 4) is 22.9 Å². The maximum absolute atomic E-state index is 6.08. The molecule has 0 aliphatic heterocycles. The molecule has 138 valence electrons. The van der Waals surface area contributed by atoms with E-state index in [0.29, 0.717) is 18.4 Å². The second-order valence-electron chi connectivity index (χ2n) is 6.78. The maximum atomic E-state index is 6.08. The van der Waals surface area contributed by atoms with Crippen LogP contribution in [0.15, 0.2) is 60.7 Å². The molecule has 1 aromatic heterocycles. The SMILES string of the molecule is CNc1cccc(C2CC2)c1COc1cccc(-c2ccc(OC)cc2)n1. The molecule has 4 nitrogen and oxygen atoms in total. The number of anilines is 1. The third kappa shape index (κ3) is 3.90. The zero-order valence-corrected chi connectivity index (χ0v) is 15.7. The van der Waals surface area contributed by atoms with Crippen molar-refractivity contribution in [3.63, 3.8) is 0 Å². The molecule has 0 saturated heterocycles. The van der Waals surface area contributed by atoms with Crippen molar-refractivity contribution in [1.82, 2.24) is 4.98 Å². The molecule has 2 aromatic carbocycles. The highest BCUT2D eigenvalue weighted by Gasteiger charge is 2.27. The van der Waals surface area contributed by atoms with Gasteiger partial charge in [0.25, 0.3) is 0 Å². The molecule has 4 rings (SSSR count). The van der Waals surface area contributed by atoms with Gasteiger partial charge in [-0.1, -0.05) is 18.2 Å². The summed E-state index contributed by atoms with van der Waals surface area (Å²) in [6, 6.07) is 20.2. The average molecular weight is 360 g/mol. The van der Waals surface area contributed by atoms with Gasteiger partial charge in [-0.2, -0.15) is 0 Å². The number of pyridine rings is 1. The molecule has 1 saturated carbocycles. The van der Waals surface area contributed by atoms with Crippen molar-refractivity contribution >= 4 is 5.69 Å². The highest BCUT2D eigenvalue weighted by molar-refractivity contribution is 5.60. The lowest BCUT2D eigenvalue weighted by atomic mass is 10.0. The minimum absolute atomic E-state index is 0.516. The average Bonchev–Trinajstić information content (AvgIpc) is 3.57. The lowest BCUT2D eigenvalue weighted by Gasteiger charge is -2.15. The Bertz CT molecular complexity index is 918. The van der Waals surface area contributed by atoms with Gasteiger partial charge in [-0.25, -0.2) is 4.98 Å². The van der Waals surface area contributed by atoms with Crippen LogP contribution in [-0.2, 0) is 6.61 Å². The summed E-state index contributed by atoms with van der Waals surface area (Å²) in [5, 5.41) is 3.29. The summed E-state index contributed by atoms with van der Waals surface area (Å²) in [5.41, 5.74) is 5.69. The number of ether oxygens (including phenoxy) is 2. The first-order valence-electron chi connectivity index (χ1n) is 9.32. The van der Waals surface area contributed by atoms with Crippen LogP contribution in [0.4, 0.5) is 5.69 Å². The summed E-state index contributed by atoms with van der Waals surface area (Å²) in [4.78, 5) is 4.68. The van der Waals surface area contributed by atoms with Crippen LogP contribution in [0.3, 0.4) is 0 Å². The van der Waals surface area contributed by atoms with Gasteiger partial charge in [0.05, 0.1) is 12.8 Å². The van der Waals surface area contributed by atoms with Gasteiger partial charge in [-0.3, -0.25) is 0 Å². The Kier molecular flexibility index (Phi) is 4.97. The van der Waals surface area contributed by atoms with Gasteiger partial charge < -0.3 is 14.8 Å². The van der Waals surface area contributed by atoms with E-state index >= 15 is 0 Å². The Hall–Kier alpha value is -3.01. The van der Waals surface area contributed by atoms with Crippen LogP contribution in [-0.4, -0.2) is 19.1 Å². The topological polar surface area (TPSA) is 43.4 Å². The van der Waals surface area contributed by atoms with Crippen LogP contribution in [0, 0.1) is 0 Å². The summed E-state index contributed by atoms with van der Waals surface area (Å²) in [6.07, 6.45) is 2.54. The molecular weight excluding hydrogens is 336 g/mol. The molecule has 27 heavy (non-hydrogen) atoms. The zero-order chi connectivity index (χ0) is 18.6. The quantitative estimate of drug-likeness (QED) is 0.624. The van der Waals surface area contributed by atoms with Gasteiger partial charge in [0.15, 0.2) is 0 Å². The molecule has 0 bridgehead atoms. The summed E-state index contributed by atoms with van der Waals surface area (Å²) in [5.74, 6) is 2.15. The highest BCUT2D eigenvalue weighted by atomic mass is 16.5. The largest absolute Gasteiger partial charge is 0.497 e. The second-order valence-corrected chi connectivity index (χ2v) is 6.78. The van der Waals surface area contributed by atoms with Gasteiger partial charge in [-0.05, 0) is 60.7 Å². The lowest BCUT2D eigenvalue weighted by molar-refractivity contribution is 0.293. The molecule has 3 aromatic rings. The molecular formula is C23H24N2O2. The molecule has 1 aliphatic rings. The summed E-state index contributed by atoms with van der Waals surface area (Å²) < 4.78 is 11.3. The second kappa shape index (κ2) is 7.70. The number of methoxy groups -OCH3 is 1. The fourth-order valence-electron chi connectivity index (χ4n) is 3.34. The van der Waals surface area contributed by atoms with E-state index in [-0.39, 0.29) is 0 Å². The van der Waals surface area contributed by atoms with Crippen LogP contribution >= 0.6 is 0 Å². The first kappa shape index (κ1) is 17.4. The van der Waals surface area contributed by atoms with Crippen molar-refractivity contribution < 1.29 is 9.47 Å². The minimum Gasteiger partial charge on any atom is -0.497 e. The summed E-state index contributed by atoms with van der Waals surface area (Å²) in [6.45, 7) is 0.516. The van der Waals surface area contributed by atoms with Crippen LogP contribution < -0.4 is 14.8 Å². The fourth-order valence-corrected chi connectivity index (χ4v) is 3.34. The predicted molar refractivity (Wildman–Crippen MR) is 109 cm³/mol. The third-order valence-electron chi connectivity index (χ3n) is 4.97. The van der Waals surface area contributed by atoms with Gasteiger partial charge in [0, 0.05) is 29.9 Å². The van der Waals surface area contributed by atoms with Gasteiger partial charge in [0.1, 0.15) is 12.4 Å². The molecule has 0 amide bonds. The standard InChI is InChI=1S/C23H24N2O2/c1-24-22-7-3-5-19(16-9-10-16)20(22)15-27-23-8-4-6-21(25-23)17-11-13-18(26-2)14-12-17/h3-8,11-14,16,24H,9-10,15H2,1-2H3. The van der Waals surface area contributed by atoms with E-state index in [1.807, 2.05) is 49.5 Å². The van der Waals surface area contributed by atoms with E-state index in [4.69, 9.17) is 9.47 Å². The molecule has 1 fully saturated rings. The zero-order valence-electron chi connectivity index (χ0n) is 15.7. The molecule has 1 heterocycles. The van der Waals surface area contributed by atoms with E-state index in [2.05, 4.69) is 28.5 Å². The smallest absolute Gasteiger partial charge is 0.214 e. The minimum atomic E-state index is 0.516. The Morgan fingerprint density at radius 3 is 2.48 bits per heavy atom. The monoisotopic (exact) mass is 360 g/mol. The van der Waals surface area contributed by atoms with Crippen molar-refractivity contribution in [2.24, 2.45) is 0 Å². The van der Waals surface area contributed by atoms with E-state index in [9.17, 15) is 0 Å². The summed E-state index contributed by atoms with van der Waals surface area (Å²) >= 11 is 0. The van der Waals surface area contributed by atoms with Crippen molar-refractivity contribution in [2.45, 2.75) is 25.4 Å².